The summed E-state index contributed by atoms with van der Waals surface area (Å²) in [5, 5.41) is 4.30. The molecule has 1 aromatic carbocycles. The minimum absolute atomic E-state index is 0.322. The average molecular weight is 310 g/mol. The number of piperidine rings is 1. The molecule has 21 heavy (non-hydrogen) atoms. The van der Waals surface area contributed by atoms with Crippen molar-refractivity contribution in [3.8, 4) is 11.5 Å². The molecule has 1 atom stereocenters. The molecule has 0 amide bonds. The molecule has 0 radical (unpaired) electrons. The van der Waals surface area contributed by atoms with E-state index < -0.39 is 0 Å². The van der Waals surface area contributed by atoms with Crippen LogP contribution in [0.4, 0.5) is 0 Å². The van der Waals surface area contributed by atoms with Crippen molar-refractivity contribution in [1.29, 1.82) is 0 Å². The highest BCUT2D eigenvalue weighted by Crippen LogP contribution is 2.41. The van der Waals surface area contributed by atoms with Gasteiger partial charge >= 0.3 is 0 Å². The Labute approximate surface area is 132 Å². The van der Waals surface area contributed by atoms with Crippen molar-refractivity contribution in [3.63, 3.8) is 0 Å². The monoisotopic (exact) mass is 309 g/mol. The van der Waals surface area contributed by atoms with Crippen LogP contribution in [0.3, 0.4) is 0 Å². The van der Waals surface area contributed by atoms with Crippen LogP contribution >= 0.6 is 11.6 Å². The molecule has 2 fully saturated rings. The Morgan fingerprint density at radius 1 is 1.10 bits per heavy atom. The standard InChI is InChI=1S/C17H24ClNO2/c1-20-16-11-12(18)10-14(15-8-4-5-9-19-15)17(16)21-13-6-2-3-7-13/h10-11,13,15,19H,2-9H2,1H3. The van der Waals surface area contributed by atoms with E-state index in [0.29, 0.717) is 17.2 Å². The molecular formula is C17H24ClNO2. The van der Waals surface area contributed by atoms with Crippen LogP contribution in [0.1, 0.15) is 56.6 Å². The summed E-state index contributed by atoms with van der Waals surface area (Å²) in [6.07, 6.45) is 8.75. The fraction of sp³-hybridized carbons (Fsp3) is 0.647. The lowest BCUT2D eigenvalue weighted by molar-refractivity contribution is 0.195. The Kier molecular flexibility index (Phi) is 4.91. The highest BCUT2D eigenvalue weighted by Gasteiger charge is 2.25. The molecule has 3 nitrogen and oxygen atoms in total. The van der Waals surface area contributed by atoms with E-state index in [-0.39, 0.29) is 0 Å². The summed E-state index contributed by atoms with van der Waals surface area (Å²) in [5.41, 5.74) is 1.16. The van der Waals surface area contributed by atoms with Crippen LogP contribution < -0.4 is 14.8 Å². The first-order chi connectivity index (χ1) is 10.3. The van der Waals surface area contributed by atoms with E-state index in [2.05, 4.69) is 5.32 Å². The third-order valence-electron chi connectivity index (χ3n) is 4.54. The molecule has 1 aliphatic heterocycles. The third-order valence-corrected chi connectivity index (χ3v) is 4.76. The lowest BCUT2D eigenvalue weighted by Crippen LogP contribution is -2.27. The van der Waals surface area contributed by atoms with Gasteiger partial charge in [-0.1, -0.05) is 18.0 Å². The SMILES string of the molecule is COc1cc(Cl)cc(C2CCCCN2)c1OC1CCCC1. The average Bonchev–Trinajstić information content (AvgIpc) is 3.02. The van der Waals surface area contributed by atoms with Gasteiger partial charge in [0.15, 0.2) is 11.5 Å². The zero-order valence-electron chi connectivity index (χ0n) is 12.7. The van der Waals surface area contributed by atoms with Gasteiger partial charge < -0.3 is 14.8 Å². The second kappa shape index (κ2) is 6.89. The highest BCUT2D eigenvalue weighted by molar-refractivity contribution is 6.30. The predicted octanol–water partition coefficient (Wildman–Crippen LogP) is 4.48. The molecule has 1 N–H and O–H groups in total. The van der Waals surface area contributed by atoms with Gasteiger partial charge in [-0.25, -0.2) is 0 Å². The Morgan fingerprint density at radius 2 is 1.86 bits per heavy atom. The Balaban J connectivity index is 1.92. The van der Waals surface area contributed by atoms with E-state index >= 15 is 0 Å². The number of methoxy groups -OCH3 is 1. The first-order valence-electron chi connectivity index (χ1n) is 8.05. The molecule has 116 valence electrons. The number of nitrogens with one attached hydrogen (secondary N) is 1. The quantitative estimate of drug-likeness (QED) is 0.889. The number of ether oxygens (including phenoxy) is 2. The van der Waals surface area contributed by atoms with Crippen LogP contribution in [0.25, 0.3) is 0 Å². The van der Waals surface area contributed by atoms with Crippen LogP contribution in [0.2, 0.25) is 5.02 Å². The van der Waals surface area contributed by atoms with E-state index in [1.807, 2.05) is 12.1 Å². The topological polar surface area (TPSA) is 30.5 Å². The fourth-order valence-electron chi connectivity index (χ4n) is 3.42. The first-order valence-corrected chi connectivity index (χ1v) is 8.43. The first kappa shape index (κ1) is 15.0. The Morgan fingerprint density at radius 3 is 2.52 bits per heavy atom. The molecule has 1 saturated carbocycles. The van der Waals surface area contributed by atoms with Gasteiger partial charge in [0.1, 0.15) is 0 Å². The van der Waals surface area contributed by atoms with Gasteiger partial charge in [-0.2, -0.15) is 0 Å². The van der Waals surface area contributed by atoms with Crippen molar-refractivity contribution in [2.45, 2.75) is 57.1 Å². The summed E-state index contributed by atoms with van der Waals surface area (Å²) >= 11 is 6.27. The minimum Gasteiger partial charge on any atom is -0.493 e. The highest BCUT2D eigenvalue weighted by atomic mass is 35.5. The maximum Gasteiger partial charge on any atom is 0.166 e. The molecule has 1 unspecified atom stereocenters. The molecule has 2 aliphatic rings. The van der Waals surface area contributed by atoms with E-state index in [1.54, 1.807) is 7.11 Å². The van der Waals surface area contributed by atoms with Crippen molar-refractivity contribution in [2.24, 2.45) is 0 Å². The second-order valence-corrected chi connectivity index (χ2v) is 6.49. The largest absolute Gasteiger partial charge is 0.493 e. The van der Waals surface area contributed by atoms with Crippen LogP contribution in [0, 0.1) is 0 Å². The molecule has 4 heteroatoms. The van der Waals surface area contributed by atoms with Crippen LogP contribution in [-0.4, -0.2) is 19.8 Å². The van der Waals surface area contributed by atoms with Gasteiger partial charge in [0.05, 0.1) is 13.2 Å². The van der Waals surface area contributed by atoms with Crippen molar-refractivity contribution < 1.29 is 9.47 Å². The summed E-state index contributed by atoms with van der Waals surface area (Å²) in [6, 6.07) is 4.22. The summed E-state index contributed by atoms with van der Waals surface area (Å²) < 4.78 is 11.8. The Bertz CT molecular complexity index is 480. The molecule has 0 aromatic heterocycles. The number of hydrogen-bond donors (Lipinski definition) is 1. The molecule has 1 heterocycles. The molecule has 1 aromatic rings. The number of halogens is 1. The summed E-state index contributed by atoms with van der Waals surface area (Å²) in [4.78, 5) is 0. The van der Waals surface area contributed by atoms with Gasteiger partial charge in [-0.3, -0.25) is 0 Å². The molecular weight excluding hydrogens is 286 g/mol. The van der Waals surface area contributed by atoms with Gasteiger partial charge in [-0.05, 0) is 51.1 Å². The zero-order chi connectivity index (χ0) is 14.7. The Hall–Kier alpha value is -0.930. The lowest BCUT2D eigenvalue weighted by atomic mass is 9.96. The minimum atomic E-state index is 0.322. The fourth-order valence-corrected chi connectivity index (χ4v) is 3.63. The van der Waals surface area contributed by atoms with Gasteiger partial charge in [0, 0.05) is 22.7 Å². The van der Waals surface area contributed by atoms with Crippen molar-refractivity contribution in [2.75, 3.05) is 13.7 Å². The number of hydrogen-bond acceptors (Lipinski definition) is 3. The molecule has 0 spiro atoms. The second-order valence-electron chi connectivity index (χ2n) is 6.05. The van der Waals surface area contributed by atoms with Gasteiger partial charge in [-0.15, -0.1) is 0 Å². The maximum absolute atomic E-state index is 6.31. The molecule has 3 rings (SSSR count). The zero-order valence-corrected chi connectivity index (χ0v) is 13.4. The summed E-state index contributed by atoms with van der Waals surface area (Å²) in [6.45, 7) is 1.06. The summed E-state index contributed by atoms with van der Waals surface area (Å²) in [7, 11) is 1.69. The molecule has 1 aliphatic carbocycles. The number of rotatable bonds is 4. The van der Waals surface area contributed by atoms with Crippen molar-refractivity contribution in [3.05, 3.63) is 22.7 Å². The van der Waals surface area contributed by atoms with Gasteiger partial charge in [0.2, 0.25) is 0 Å². The lowest BCUT2D eigenvalue weighted by Gasteiger charge is -2.28. The van der Waals surface area contributed by atoms with Crippen molar-refractivity contribution in [1.82, 2.24) is 5.32 Å². The third kappa shape index (κ3) is 3.46. The molecule has 0 bridgehead atoms. The normalized spacial score (nSPS) is 23.2. The predicted molar refractivity (Wildman–Crippen MR) is 85.5 cm³/mol. The number of benzene rings is 1. The van der Waals surface area contributed by atoms with E-state index in [9.17, 15) is 0 Å². The van der Waals surface area contributed by atoms with Gasteiger partial charge in [0.25, 0.3) is 0 Å². The smallest absolute Gasteiger partial charge is 0.166 e. The van der Waals surface area contributed by atoms with E-state index in [4.69, 9.17) is 21.1 Å². The van der Waals surface area contributed by atoms with E-state index in [0.717, 1.165) is 42.9 Å². The van der Waals surface area contributed by atoms with Crippen LogP contribution in [0.15, 0.2) is 12.1 Å². The molecule has 1 saturated heterocycles. The van der Waals surface area contributed by atoms with Crippen LogP contribution in [-0.2, 0) is 0 Å². The van der Waals surface area contributed by atoms with E-state index in [1.165, 1.54) is 25.7 Å². The maximum atomic E-state index is 6.31. The van der Waals surface area contributed by atoms with Crippen LogP contribution in [0.5, 0.6) is 11.5 Å². The van der Waals surface area contributed by atoms with Crippen molar-refractivity contribution >= 4 is 11.6 Å². The summed E-state index contributed by atoms with van der Waals surface area (Å²) in [5.74, 6) is 1.66.